The minimum atomic E-state index is -0.191. The van der Waals surface area contributed by atoms with Crippen LogP contribution in [0.1, 0.15) is 31.4 Å². The summed E-state index contributed by atoms with van der Waals surface area (Å²) in [5.41, 5.74) is 2.21. The Kier molecular flexibility index (Phi) is 8.71. The number of methoxy groups -OCH3 is 1. The molecule has 0 saturated carbocycles. The van der Waals surface area contributed by atoms with E-state index in [1.165, 1.54) is 12.7 Å². The first-order valence-corrected chi connectivity index (χ1v) is 7.77. The van der Waals surface area contributed by atoms with Crippen molar-refractivity contribution in [2.45, 2.75) is 33.2 Å². The van der Waals surface area contributed by atoms with Crippen LogP contribution in [0.3, 0.4) is 0 Å². The van der Waals surface area contributed by atoms with Crippen LogP contribution >= 0.6 is 0 Å². The van der Waals surface area contributed by atoms with E-state index in [1.54, 1.807) is 0 Å². The van der Waals surface area contributed by atoms with E-state index in [1.807, 2.05) is 18.2 Å². The number of hydrogen-bond acceptors (Lipinski definition) is 4. The maximum atomic E-state index is 11.4. The summed E-state index contributed by atoms with van der Waals surface area (Å²) in [7, 11) is 1.43. The molecule has 21 heavy (non-hydrogen) atoms. The average Bonchev–Trinajstić information content (AvgIpc) is 2.52. The average molecular weight is 292 g/mol. The van der Waals surface area contributed by atoms with Crippen LogP contribution in [-0.2, 0) is 22.5 Å². The Hall–Kier alpha value is -1.39. The molecule has 0 fully saturated rings. The molecule has 0 saturated heterocycles. The van der Waals surface area contributed by atoms with Gasteiger partial charge in [0.1, 0.15) is 0 Å². The molecule has 0 aliphatic carbocycles. The van der Waals surface area contributed by atoms with Crippen LogP contribution in [0.25, 0.3) is 0 Å². The maximum absolute atomic E-state index is 11.4. The lowest BCUT2D eigenvalue weighted by molar-refractivity contribution is -0.139. The second kappa shape index (κ2) is 10.4. The zero-order valence-electron chi connectivity index (χ0n) is 13.5. The van der Waals surface area contributed by atoms with Gasteiger partial charge in [-0.05, 0) is 43.7 Å². The number of rotatable bonds is 10. The predicted octanol–water partition coefficient (Wildman–Crippen LogP) is 2.22. The first-order valence-electron chi connectivity index (χ1n) is 7.77. The van der Waals surface area contributed by atoms with Gasteiger partial charge >= 0.3 is 5.97 Å². The molecule has 1 N–H and O–H groups in total. The molecule has 4 nitrogen and oxygen atoms in total. The first-order chi connectivity index (χ1) is 10.2. The molecule has 1 rings (SSSR count). The number of benzene rings is 1. The molecule has 0 bridgehead atoms. The smallest absolute Gasteiger partial charge is 0.309 e. The summed E-state index contributed by atoms with van der Waals surface area (Å²) in [6.45, 7) is 9.52. The fraction of sp³-hybridized carbons (Fsp3) is 0.588. The lowest BCUT2D eigenvalue weighted by Crippen LogP contribution is -2.27. The van der Waals surface area contributed by atoms with Crippen molar-refractivity contribution in [3.05, 3.63) is 35.4 Å². The standard InChI is InChI=1S/C17H28N2O2/c1-4-19(5-2)12-8-11-18-14-16-10-7-6-9-15(16)13-17(20)21-3/h6-7,9-10,18H,4-5,8,11-14H2,1-3H3. The topological polar surface area (TPSA) is 41.6 Å². The third kappa shape index (κ3) is 6.74. The second-order valence-electron chi connectivity index (χ2n) is 5.08. The first kappa shape index (κ1) is 17.7. The minimum absolute atomic E-state index is 0.191. The Bertz CT molecular complexity index is 417. The number of ether oxygens (including phenoxy) is 1. The quantitative estimate of drug-likeness (QED) is 0.530. The molecule has 1 aromatic rings. The lowest BCUT2D eigenvalue weighted by Gasteiger charge is -2.17. The Balaban J connectivity index is 2.36. The lowest BCUT2D eigenvalue weighted by atomic mass is 10.0. The second-order valence-corrected chi connectivity index (χ2v) is 5.08. The van der Waals surface area contributed by atoms with E-state index in [2.05, 4.69) is 30.1 Å². The molecule has 0 aliphatic heterocycles. The molecule has 0 heterocycles. The highest BCUT2D eigenvalue weighted by atomic mass is 16.5. The van der Waals surface area contributed by atoms with Gasteiger partial charge in [0.15, 0.2) is 0 Å². The number of esters is 1. The van der Waals surface area contributed by atoms with Crippen LogP contribution in [0.4, 0.5) is 0 Å². The number of carbonyl (C=O) groups excluding carboxylic acids is 1. The monoisotopic (exact) mass is 292 g/mol. The van der Waals surface area contributed by atoms with E-state index < -0.39 is 0 Å². The Labute approximate surface area is 128 Å². The number of nitrogens with one attached hydrogen (secondary N) is 1. The van der Waals surface area contributed by atoms with Crippen molar-refractivity contribution >= 4 is 5.97 Å². The molecule has 0 aromatic heterocycles. The summed E-state index contributed by atoms with van der Waals surface area (Å²) in [6.07, 6.45) is 1.48. The highest BCUT2D eigenvalue weighted by Gasteiger charge is 2.07. The van der Waals surface area contributed by atoms with Crippen LogP contribution in [0.5, 0.6) is 0 Å². The maximum Gasteiger partial charge on any atom is 0.309 e. The third-order valence-electron chi connectivity index (χ3n) is 3.72. The highest BCUT2D eigenvalue weighted by molar-refractivity contribution is 5.72. The van der Waals surface area contributed by atoms with Crippen molar-refractivity contribution in [1.82, 2.24) is 10.2 Å². The van der Waals surface area contributed by atoms with Crippen LogP contribution in [0.2, 0.25) is 0 Å². The molecule has 0 radical (unpaired) electrons. The number of hydrogen-bond donors (Lipinski definition) is 1. The van der Waals surface area contributed by atoms with Gasteiger partial charge in [0.25, 0.3) is 0 Å². The van der Waals surface area contributed by atoms with Gasteiger partial charge in [-0.3, -0.25) is 4.79 Å². The van der Waals surface area contributed by atoms with E-state index >= 15 is 0 Å². The van der Waals surface area contributed by atoms with Crippen LogP contribution in [0.15, 0.2) is 24.3 Å². The minimum Gasteiger partial charge on any atom is -0.469 e. The van der Waals surface area contributed by atoms with E-state index in [-0.39, 0.29) is 5.97 Å². The van der Waals surface area contributed by atoms with Gasteiger partial charge in [-0.2, -0.15) is 0 Å². The summed E-state index contributed by atoms with van der Waals surface area (Å²) < 4.78 is 4.74. The zero-order valence-corrected chi connectivity index (χ0v) is 13.5. The van der Waals surface area contributed by atoms with Gasteiger partial charge < -0.3 is 15.0 Å². The molecule has 0 amide bonds. The van der Waals surface area contributed by atoms with Gasteiger partial charge in [-0.1, -0.05) is 38.1 Å². The number of carbonyl (C=O) groups is 1. The normalized spacial score (nSPS) is 10.9. The summed E-state index contributed by atoms with van der Waals surface area (Å²) in [5.74, 6) is -0.191. The van der Waals surface area contributed by atoms with Crippen molar-refractivity contribution in [2.75, 3.05) is 33.3 Å². The SMILES string of the molecule is CCN(CC)CCCNCc1ccccc1CC(=O)OC. The Morgan fingerprint density at radius 2 is 1.86 bits per heavy atom. The summed E-state index contributed by atoms with van der Waals surface area (Å²) in [4.78, 5) is 13.8. The molecule has 0 aliphatic rings. The van der Waals surface area contributed by atoms with Gasteiger partial charge in [0.2, 0.25) is 0 Å². The van der Waals surface area contributed by atoms with Gasteiger partial charge in [0, 0.05) is 6.54 Å². The molecule has 0 atom stereocenters. The van der Waals surface area contributed by atoms with Gasteiger partial charge in [-0.15, -0.1) is 0 Å². The fourth-order valence-corrected chi connectivity index (χ4v) is 2.32. The van der Waals surface area contributed by atoms with E-state index in [0.29, 0.717) is 6.42 Å². The Morgan fingerprint density at radius 1 is 1.19 bits per heavy atom. The Morgan fingerprint density at radius 3 is 2.48 bits per heavy atom. The summed E-state index contributed by atoms with van der Waals surface area (Å²) in [6, 6.07) is 8.02. The summed E-state index contributed by atoms with van der Waals surface area (Å²) >= 11 is 0. The van der Waals surface area contributed by atoms with E-state index in [9.17, 15) is 4.79 Å². The van der Waals surface area contributed by atoms with Gasteiger partial charge in [-0.25, -0.2) is 0 Å². The molecule has 0 spiro atoms. The predicted molar refractivity (Wildman–Crippen MR) is 86.3 cm³/mol. The molecular formula is C17H28N2O2. The number of nitrogens with zero attached hydrogens (tertiary/aromatic N) is 1. The fourth-order valence-electron chi connectivity index (χ4n) is 2.32. The van der Waals surface area contributed by atoms with Crippen LogP contribution < -0.4 is 5.32 Å². The molecule has 1 aromatic carbocycles. The highest BCUT2D eigenvalue weighted by Crippen LogP contribution is 2.10. The van der Waals surface area contributed by atoms with Crippen molar-refractivity contribution < 1.29 is 9.53 Å². The van der Waals surface area contributed by atoms with Crippen LogP contribution in [0, 0.1) is 0 Å². The molecule has 118 valence electrons. The van der Waals surface area contributed by atoms with Crippen LogP contribution in [-0.4, -0.2) is 44.2 Å². The third-order valence-corrected chi connectivity index (χ3v) is 3.72. The van der Waals surface area contributed by atoms with E-state index in [4.69, 9.17) is 4.74 Å². The zero-order chi connectivity index (χ0) is 15.5. The largest absolute Gasteiger partial charge is 0.469 e. The van der Waals surface area contributed by atoms with Crippen molar-refractivity contribution in [1.29, 1.82) is 0 Å². The molecular weight excluding hydrogens is 264 g/mol. The summed E-state index contributed by atoms with van der Waals surface area (Å²) in [5, 5.41) is 3.46. The van der Waals surface area contributed by atoms with Gasteiger partial charge in [0.05, 0.1) is 13.5 Å². The van der Waals surface area contributed by atoms with Crippen molar-refractivity contribution in [3.63, 3.8) is 0 Å². The molecule has 0 unspecified atom stereocenters. The molecule has 4 heteroatoms. The van der Waals surface area contributed by atoms with Crippen molar-refractivity contribution in [2.24, 2.45) is 0 Å². The van der Waals surface area contributed by atoms with E-state index in [0.717, 1.165) is 44.7 Å². The van der Waals surface area contributed by atoms with Crippen molar-refractivity contribution in [3.8, 4) is 0 Å².